The lowest BCUT2D eigenvalue weighted by Gasteiger charge is -2.29. The molecule has 3 N–H and O–H groups in total. The van der Waals surface area contributed by atoms with E-state index in [9.17, 15) is 0 Å². The number of hydrogen-bond donors (Lipinski definition) is 3. The minimum Gasteiger partial charge on any atom is -0.361 e. The Labute approximate surface area is 187 Å². The maximum absolute atomic E-state index is 5.13. The largest absolute Gasteiger partial charge is 0.361 e. The third-order valence-electron chi connectivity index (χ3n) is 5.60. The number of hydrogen-bond acceptors (Lipinski definition) is 5. The summed E-state index contributed by atoms with van der Waals surface area (Å²) < 4.78 is 0. The van der Waals surface area contributed by atoms with Crippen LogP contribution < -0.4 is 16.0 Å². The maximum Gasteiger partial charge on any atom is 0.109 e. The highest BCUT2D eigenvalue weighted by molar-refractivity contribution is 8.13. The van der Waals surface area contributed by atoms with E-state index in [0.29, 0.717) is 0 Å². The Bertz CT molecular complexity index is 745. The molecule has 2 unspecified atom stereocenters. The van der Waals surface area contributed by atoms with E-state index in [-0.39, 0.29) is 22.4 Å². The molecule has 4 nitrogen and oxygen atoms in total. The summed E-state index contributed by atoms with van der Waals surface area (Å²) in [7, 11) is 0. The molecule has 6 heteroatoms. The number of nitrogens with zero attached hydrogens (tertiary/aromatic N) is 1. The van der Waals surface area contributed by atoms with Crippen molar-refractivity contribution in [2.24, 2.45) is 4.99 Å². The SMILES string of the molecule is CC1(C)NC(=S)C(C)(C)N1.CCC1(C)N=C(SCc2ccccc2)C(C)(CC)N1. The second kappa shape index (κ2) is 9.04. The quantitative estimate of drug-likeness (QED) is 0.566. The van der Waals surface area contributed by atoms with Gasteiger partial charge in [-0.15, -0.1) is 11.8 Å². The molecule has 2 aliphatic heterocycles. The number of thioether (sulfide) groups is 1. The van der Waals surface area contributed by atoms with Crippen LogP contribution in [-0.4, -0.2) is 32.4 Å². The van der Waals surface area contributed by atoms with Gasteiger partial charge in [0, 0.05) is 5.75 Å². The van der Waals surface area contributed by atoms with Gasteiger partial charge in [-0.3, -0.25) is 15.6 Å². The summed E-state index contributed by atoms with van der Waals surface area (Å²) in [6.07, 6.45) is 2.10. The van der Waals surface area contributed by atoms with Gasteiger partial charge in [0.05, 0.1) is 26.8 Å². The molecule has 0 aromatic heterocycles. The Kier molecular flexibility index (Phi) is 7.59. The molecule has 2 heterocycles. The van der Waals surface area contributed by atoms with Crippen LogP contribution in [0.3, 0.4) is 0 Å². The molecule has 0 aliphatic carbocycles. The molecule has 162 valence electrons. The zero-order valence-corrected chi connectivity index (χ0v) is 20.9. The molecule has 0 saturated carbocycles. The predicted octanol–water partition coefficient (Wildman–Crippen LogP) is 5.24. The van der Waals surface area contributed by atoms with Crippen molar-refractivity contribution in [3.05, 3.63) is 35.9 Å². The summed E-state index contributed by atoms with van der Waals surface area (Å²) in [5.41, 5.74) is 1.21. The number of nitrogens with one attached hydrogen (secondary N) is 3. The zero-order chi connectivity index (χ0) is 21.9. The van der Waals surface area contributed by atoms with Crippen LogP contribution in [-0.2, 0) is 5.75 Å². The van der Waals surface area contributed by atoms with E-state index in [1.165, 1.54) is 10.6 Å². The Hall–Kier alpha value is -0.950. The van der Waals surface area contributed by atoms with Crippen molar-refractivity contribution >= 4 is 34.0 Å². The highest BCUT2D eigenvalue weighted by atomic mass is 32.2. The first-order chi connectivity index (χ1) is 13.3. The Morgan fingerprint density at radius 3 is 1.97 bits per heavy atom. The van der Waals surface area contributed by atoms with Crippen LogP contribution in [0.4, 0.5) is 0 Å². The van der Waals surface area contributed by atoms with Crippen LogP contribution in [0.25, 0.3) is 0 Å². The van der Waals surface area contributed by atoms with Crippen molar-refractivity contribution in [3.63, 3.8) is 0 Å². The van der Waals surface area contributed by atoms with Crippen molar-refractivity contribution < 1.29 is 0 Å². The lowest BCUT2D eigenvalue weighted by Crippen LogP contribution is -2.50. The number of rotatable bonds is 4. The third-order valence-corrected chi connectivity index (χ3v) is 7.50. The summed E-state index contributed by atoms with van der Waals surface area (Å²) in [6.45, 7) is 17.2. The summed E-state index contributed by atoms with van der Waals surface area (Å²) >= 11 is 7.00. The fraction of sp³-hybridized carbons (Fsp3) is 0.652. The molecule has 1 aromatic rings. The minimum absolute atomic E-state index is 0.0320. The van der Waals surface area contributed by atoms with Crippen LogP contribution >= 0.6 is 24.0 Å². The van der Waals surface area contributed by atoms with E-state index in [4.69, 9.17) is 17.2 Å². The van der Waals surface area contributed by atoms with Gasteiger partial charge in [-0.2, -0.15) is 0 Å². The highest BCUT2D eigenvalue weighted by Crippen LogP contribution is 2.34. The predicted molar refractivity (Wildman–Crippen MR) is 133 cm³/mol. The third kappa shape index (κ3) is 6.27. The van der Waals surface area contributed by atoms with E-state index < -0.39 is 0 Å². The molecule has 0 spiro atoms. The molecule has 1 fully saturated rings. The zero-order valence-electron chi connectivity index (χ0n) is 19.3. The molecular formula is C23H38N4S2. The molecule has 0 bridgehead atoms. The molecule has 29 heavy (non-hydrogen) atoms. The first-order valence-corrected chi connectivity index (χ1v) is 11.9. The highest BCUT2D eigenvalue weighted by Gasteiger charge is 2.42. The Balaban J connectivity index is 0.000000253. The van der Waals surface area contributed by atoms with Crippen LogP contribution in [0.15, 0.2) is 35.3 Å². The van der Waals surface area contributed by atoms with Crippen molar-refractivity contribution in [1.82, 2.24) is 16.0 Å². The Morgan fingerprint density at radius 1 is 0.931 bits per heavy atom. The fourth-order valence-corrected chi connectivity index (χ4v) is 5.24. The van der Waals surface area contributed by atoms with Crippen LogP contribution in [0.2, 0.25) is 0 Å². The second-order valence-corrected chi connectivity index (χ2v) is 10.8. The number of thiocarbonyl (C=S) groups is 1. The van der Waals surface area contributed by atoms with Gasteiger partial charge in [0.25, 0.3) is 0 Å². The van der Waals surface area contributed by atoms with Gasteiger partial charge in [-0.25, -0.2) is 0 Å². The van der Waals surface area contributed by atoms with Gasteiger partial charge in [0.2, 0.25) is 0 Å². The van der Waals surface area contributed by atoms with E-state index in [2.05, 4.69) is 102 Å². The smallest absolute Gasteiger partial charge is 0.109 e. The lowest BCUT2D eigenvalue weighted by molar-refractivity contribution is 0.316. The van der Waals surface area contributed by atoms with Gasteiger partial charge in [-0.1, -0.05) is 56.4 Å². The average molecular weight is 435 g/mol. The summed E-state index contributed by atoms with van der Waals surface area (Å²) in [5.74, 6) is 0.997. The molecular weight excluding hydrogens is 396 g/mol. The number of benzene rings is 1. The van der Waals surface area contributed by atoms with Gasteiger partial charge in [0.15, 0.2) is 0 Å². The van der Waals surface area contributed by atoms with E-state index in [0.717, 1.165) is 23.6 Å². The minimum atomic E-state index is -0.0935. The molecule has 0 amide bonds. The van der Waals surface area contributed by atoms with Crippen molar-refractivity contribution in [2.45, 2.75) is 96.4 Å². The summed E-state index contributed by atoms with van der Waals surface area (Å²) in [4.78, 5) is 5.85. The molecule has 2 aliphatic rings. The molecule has 0 radical (unpaired) electrons. The second-order valence-electron chi connectivity index (χ2n) is 9.46. The van der Waals surface area contributed by atoms with Crippen LogP contribution in [0.1, 0.15) is 73.8 Å². The molecule has 1 aromatic carbocycles. The van der Waals surface area contributed by atoms with Gasteiger partial charge in [-0.05, 0) is 59.9 Å². The number of aliphatic imine (C=N–C) groups is 1. The van der Waals surface area contributed by atoms with E-state index in [1.807, 2.05) is 11.8 Å². The topological polar surface area (TPSA) is 48.5 Å². The van der Waals surface area contributed by atoms with Crippen molar-refractivity contribution in [2.75, 3.05) is 0 Å². The summed E-state index contributed by atoms with van der Waals surface area (Å²) in [6, 6.07) is 10.6. The Morgan fingerprint density at radius 2 is 1.55 bits per heavy atom. The van der Waals surface area contributed by atoms with Crippen LogP contribution in [0, 0.1) is 0 Å². The van der Waals surface area contributed by atoms with Crippen molar-refractivity contribution in [1.29, 1.82) is 0 Å². The summed E-state index contributed by atoms with van der Waals surface area (Å²) in [5, 5.41) is 11.5. The van der Waals surface area contributed by atoms with E-state index in [1.54, 1.807) is 0 Å². The maximum atomic E-state index is 5.13. The monoisotopic (exact) mass is 434 g/mol. The van der Waals surface area contributed by atoms with Gasteiger partial charge < -0.3 is 5.32 Å². The van der Waals surface area contributed by atoms with Crippen molar-refractivity contribution in [3.8, 4) is 0 Å². The van der Waals surface area contributed by atoms with E-state index >= 15 is 0 Å². The van der Waals surface area contributed by atoms with Gasteiger partial charge >= 0.3 is 0 Å². The average Bonchev–Trinajstić information content (AvgIpc) is 3.02. The fourth-order valence-electron chi connectivity index (χ4n) is 3.66. The molecule has 1 saturated heterocycles. The first-order valence-electron chi connectivity index (χ1n) is 10.5. The van der Waals surface area contributed by atoms with Gasteiger partial charge in [0.1, 0.15) is 5.66 Å². The van der Waals surface area contributed by atoms with Crippen LogP contribution in [0.5, 0.6) is 0 Å². The normalized spacial score (nSPS) is 29.7. The first kappa shape index (κ1) is 24.3. The lowest BCUT2D eigenvalue weighted by atomic mass is 10.00. The standard InChI is InChI=1S/C16H24N2S.C7H14N2S/c1-5-15(3)14(17-16(4,6-2)18-15)19-12-13-10-8-7-9-11-13;1-6(2)5(10)8-7(3,4)9-6/h7-11,18H,5-6,12H2,1-4H3;9H,1-4H3,(H,8,10). The molecule has 2 atom stereocenters. The molecule has 3 rings (SSSR count).